The maximum atomic E-state index is 12.7. The summed E-state index contributed by atoms with van der Waals surface area (Å²) in [5.74, 6) is 0.0667. The fraction of sp³-hybridized carbons (Fsp3) is 0.318. The fourth-order valence-corrected chi connectivity index (χ4v) is 5.16. The summed E-state index contributed by atoms with van der Waals surface area (Å²) in [5.41, 5.74) is 3.49. The van der Waals surface area contributed by atoms with Crippen LogP contribution in [-0.2, 0) is 4.74 Å². The minimum atomic E-state index is -0.237. The molecule has 0 spiro atoms. The second-order valence-electron chi connectivity index (χ2n) is 7.22. The predicted octanol–water partition coefficient (Wildman–Crippen LogP) is 3.87. The van der Waals surface area contributed by atoms with Crippen LogP contribution >= 0.6 is 22.9 Å². The highest BCUT2D eigenvalue weighted by Gasteiger charge is 2.34. The molecule has 1 saturated heterocycles. The Balaban J connectivity index is 1.78. The van der Waals surface area contributed by atoms with E-state index in [0.29, 0.717) is 10.8 Å². The van der Waals surface area contributed by atoms with Crippen molar-refractivity contribution < 1.29 is 18.8 Å². The number of quaternary nitrogens is 1. The van der Waals surface area contributed by atoms with Gasteiger partial charge in [-0.15, -0.1) is 11.3 Å². The highest BCUT2D eigenvalue weighted by molar-refractivity contribution is 7.16. The molecule has 0 unspecified atom stereocenters. The zero-order valence-corrected chi connectivity index (χ0v) is 18.0. The molecule has 3 heterocycles. The van der Waals surface area contributed by atoms with Crippen molar-refractivity contribution in [1.29, 1.82) is 0 Å². The SMILES string of the molecule is Cc1sc(NC(=O)c2ccco2)c([C@@H](c2cccc(Cl)c2)[NH+]2CCOCC2)c1C. The lowest BCUT2D eigenvalue weighted by molar-refractivity contribution is -0.933. The summed E-state index contributed by atoms with van der Waals surface area (Å²) in [7, 11) is 0. The summed E-state index contributed by atoms with van der Waals surface area (Å²) in [6.45, 7) is 7.47. The van der Waals surface area contributed by atoms with Gasteiger partial charge < -0.3 is 19.4 Å². The molecule has 1 aliphatic heterocycles. The van der Waals surface area contributed by atoms with E-state index < -0.39 is 0 Å². The zero-order valence-electron chi connectivity index (χ0n) is 16.5. The third-order valence-electron chi connectivity index (χ3n) is 5.42. The number of halogens is 1. The normalized spacial score (nSPS) is 16.0. The molecule has 5 nitrogen and oxygen atoms in total. The molecule has 1 fully saturated rings. The van der Waals surface area contributed by atoms with E-state index in [2.05, 4.69) is 25.2 Å². The molecular weight excluding hydrogens is 408 g/mol. The Kier molecular flexibility index (Phi) is 6.06. The van der Waals surface area contributed by atoms with Gasteiger partial charge in [0, 0.05) is 15.5 Å². The Morgan fingerprint density at radius 1 is 1.21 bits per heavy atom. The molecule has 29 heavy (non-hydrogen) atoms. The van der Waals surface area contributed by atoms with E-state index in [4.69, 9.17) is 20.8 Å². The van der Waals surface area contributed by atoms with Gasteiger partial charge in [-0.05, 0) is 43.7 Å². The van der Waals surface area contributed by atoms with Crippen molar-refractivity contribution in [3.63, 3.8) is 0 Å². The Labute approximate surface area is 179 Å². The quantitative estimate of drug-likeness (QED) is 0.644. The van der Waals surface area contributed by atoms with Gasteiger partial charge in [0.25, 0.3) is 5.91 Å². The number of carbonyl (C=O) groups excluding carboxylic acids is 1. The van der Waals surface area contributed by atoms with Gasteiger partial charge in [0.2, 0.25) is 0 Å². The van der Waals surface area contributed by atoms with E-state index in [-0.39, 0.29) is 11.9 Å². The standard InChI is InChI=1S/C22H23ClN2O3S/c1-14-15(2)29-22(24-21(26)18-7-4-10-28-18)19(14)20(25-8-11-27-12-9-25)16-5-3-6-17(23)13-16/h3-7,10,13,20H,8-9,11-12H2,1-2H3,(H,24,26)/p+1/t20-/m1/s1. The molecule has 1 atom stereocenters. The fourth-order valence-electron chi connectivity index (χ4n) is 3.87. The van der Waals surface area contributed by atoms with Gasteiger partial charge in [-0.25, -0.2) is 0 Å². The van der Waals surface area contributed by atoms with Crippen LogP contribution in [-0.4, -0.2) is 32.2 Å². The topological polar surface area (TPSA) is 55.9 Å². The third-order valence-corrected chi connectivity index (χ3v) is 6.79. The summed E-state index contributed by atoms with van der Waals surface area (Å²) in [6, 6.07) is 11.5. The lowest BCUT2D eigenvalue weighted by Gasteiger charge is -2.32. The van der Waals surface area contributed by atoms with Crippen LogP contribution in [0.4, 0.5) is 5.00 Å². The molecule has 4 rings (SSSR count). The molecule has 0 aliphatic carbocycles. The average Bonchev–Trinajstić information content (AvgIpc) is 3.34. The van der Waals surface area contributed by atoms with Gasteiger partial charge in [0.05, 0.1) is 25.0 Å². The first-order valence-electron chi connectivity index (χ1n) is 9.67. The van der Waals surface area contributed by atoms with Gasteiger partial charge in [0.15, 0.2) is 5.76 Å². The Morgan fingerprint density at radius 3 is 2.69 bits per heavy atom. The molecule has 2 aromatic heterocycles. The van der Waals surface area contributed by atoms with E-state index >= 15 is 0 Å². The van der Waals surface area contributed by atoms with Crippen LogP contribution in [0.2, 0.25) is 5.02 Å². The first kappa shape index (κ1) is 20.2. The average molecular weight is 432 g/mol. The van der Waals surface area contributed by atoms with Gasteiger partial charge in [0.1, 0.15) is 24.1 Å². The molecular formula is C22H24ClN2O3S+. The first-order chi connectivity index (χ1) is 14.0. The molecule has 7 heteroatoms. The second kappa shape index (κ2) is 8.71. The van der Waals surface area contributed by atoms with Crippen LogP contribution < -0.4 is 10.2 Å². The minimum Gasteiger partial charge on any atom is -0.459 e. The number of hydrogen-bond acceptors (Lipinski definition) is 4. The van der Waals surface area contributed by atoms with E-state index in [0.717, 1.165) is 42.4 Å². The molecule has 3 aromatic rings. The molecule has 0 radical (unpaired) electrons. The van der Waals surface area contributed by atoms with Gasteiger partial charge in [-0.3, -0.25) is 4.79 Å². The molecule has 152 valence electrons. The Bertz CT molecular complexity index is 994. The predicted molar refractivity (Wildman–Crippen MR) is 115 cm³/mol. The highest BCUT2D eigenvalue weighted by atomic mass is 35.5. The molecule has 1 aromatic carbocycles. The number of morpholine rings is 1. The number of aryl methyl sites for hydroxylation is 1. The van der Waals surface area contributed by atoms with Crippen molar-refractivity contribution in [3.8, 4) is 0 Å². The van der Waals surface area contributed by atoms with Gasteiger partial charge in [-0.2, -0.15) is 0 Å². The maximum Gasteiger partial charge on any atom is 0.291 e. The minimum absolute atomic E-state index is 0.0643. The highest BCUT2D eigenvalue weighted by Crippen LogP contribution is 2.39. The van der Waals surface area contributed by atoms with E-state index in [9.17, 15) is 4.79 Å². The molecule has 2 N–H and O–H groups in total. The number of benzene rings is 1. The van der Waals surface area contributed by atoms with Crippen molar-refractivity contribution in [2.45, 2.75) is 19.9 Å². The molecule has 0 bridgehead atoms. The summed E-state index contributed by atoms with van der Waals surface area (Å²) < 4.78 is 10.9. The lowest BCUT2D eigenvalue weighted by atomic mass is 9.94. The largest absolute Gasteiger partial charge is 0.459 e. The Hall–Kier alpha value is -2.12. The zero-order chi connectivity index (χ0) is 20.4. The lowest BCUT2D eigenvalue weighted by Crippen LogP contribution is -3.14. The number of hydrogen-bond donors (Lipinski definition) is 2. The molecule has 1 aliphatic rings. The number of amides is 1. The van der Waals surface area contributed by atoms with Crippen LogP contribution in [0.5, 0.6) is 0 Å². The van der Waals surface area contributed by atoms with Crippen LogP contribution in [0.3, 0.4) is 0 Å². The van der Waals surface area contributed by atoms with Gasteiger partial charge in [-0.1, -0.05) is 23.7 Å². The summed E-state index contributed by atoms with van der Waals surface area (Å²) in [5, 5.41) is 4.67. The monoisotopic (exact) mass is 431 g/mol. The summed E-state index contributed by atoms with van der Waals surface area (Å²) in [4.78, 5) is 15.3. The van der Waals surface area contributed by atoms with E-state index in [1.54, 1.807) is 23.5 Å². The van der Waals surface area contributed by atoms with Crippen molar-refractivity contribution in [1.82, 2.24) is 0 Å². The van der Waals surface area contributed by atoms with Crippen LogP contribution in [0.1, 0.15) is 38.2 Å². The maximum absolute atomic E-state index is 12.7. The van der Waals surface area contributed by atoms with E-state index in [1.165, 1.54) is 21.6 Å². The number of rotatable bonds is 5. The van der Waals surface area contributed by atoms with Gasteiger partial charge >= 0.3 is 0 Å². The second-order valence-corrected chi connectivity index (χ2v) is 8.88. The number of carbonyl (C=O) groups is 1. The molecule has 1 amide bonds. The molecule has 0 saturated carbocycles. The van der Waals surface area contributed by atoms with Crippen LogP contribution in [0.25, 0.3) is 0 Å². The number of anilines is 1. The smallest absolute Gasteiger partial charge is 0.291 e. The van der Waals surface area contributed by atoms with Crippen molar-refractivity contribution in [2.24, 2.45) is 0 Å². The number of thiophene rings is 1. The summed E-state index contributed by atoms with van der Waals surface area (Å²) >= 11 is 7.95. The number of furan rings is 1. The van der Waals surface area contributed by atoms with E-state index in [1.807, 2.05) is 18.2 Å². The van der Waals surface area contributed by atoms with Crippen molar-refractivity contribution in [3.05, 3.63) is 75.0 Å². The van der Waals surface area contributed by atoms with Crippen molar-refractivity contribution >= 4 is 33.8 Å². The number of ether oxygens (including phenoxy) is 1. The van der Waals surface area contributed by atoms with Crippen molar-refractivity contribution in [2.75, 3.05) is 31.6 Å². The Morgan fingerprint density at radius 2 is 2.00 bits per heavy atom. The summed E-state index contributed by atoms with van der Waals surface area (Å²) in [6.07, 6.45) is 1.51. The van der Waals surface area contributed by atoms with Crippen LogP contribution in [0, 0.1) is 13.8 Å². The number of nitrogens with one attached hydrogen (secondary N) is 2. The third kappa shape index (κ3) is 4.26. The van der Waals surface area contributed by atoms with Crippen LogP contribution in [0.15, 0.2) is 47.1 Å². The first-order valence-corrected chi connectivity index (χ1v) is 10.9.